The molecule has 0 saturated carbocycles. The molecule has 2 atom stereocenters. The van der Waals surface area contributed by atoms with E-state index in [-0.39, 0.29) is 17.9 Å². The number of likely N-dealkylation sites (tertiary alicyclic amines) is 1. The van der Waals surface area contributed by atoms with Crippen LogP contribution in [-0.2, 0) is 9.47 Å². The summed E-state index contributed by atoms with van der Waals surface area (Å²) in [6.45, 7) is 4.21. The number of carbonyl (C=O) groups is 1. The number of carbonyl (C=O) groups excluding carboxylic acids is 1. The molecule has 31 heavy (non-hydrogen) atoms. The highest BCUT2D eigenvalue weighted by molar-refractivity contribution is 7.14. The number of thiazole rings is 1. The summed E-state index contributed by atoms with van der Waals surface area (Å²) in [6.07, 6.45) is 3.67. The number of amides is 1. The number of hydrogen-bond acceptors (Lipinski definition) is 10. The topological polar surface area (TPSA) is 125 Å². The molecule has 10 nitrogen and oxygen atoms in total. The molecule has 0 unspecified atom stereocenters. The first-order valence-electron chi connectivity index (χ1n) is 10.3. The van der Waals surface area contributed by atoms with E-state index >= 15 is 0 Å². The average molecular weight is 444 g/mol. The Morgan fingerprint density at radius 1 is 1.39 bits per heavy atom. The van der Waals surface area contributed by atoms with E-state index in [2.05, 4.69) is 36.6 Å². The standard InChI is InChI=1S/C20H25N7O3S/c21-4-7-27-6-1-2-14(11-27)16-3-5-22-19(24-16)26-20-25-17(13-31-20)18(28)23-10-15-12-29-8-9-30-15/h3,5,13-15H,1-2,6-12H2,(H,23,28)(H,22,24,25,26)/t14-,15+/m1/s1. The number of aromatic nitrogens is 3. The second kappa shape index (κ2) is 10.6. The van der Waals surface area contributed by atoms with Gasteiger partial charge in [0.15, 0.2) is 5.13 Å². The highest BCUT2D eigenvalue weighted by Gasteiger charge is 2.23. The van der Waals surface area contributed by atoms with Crippen molar-refractivity contribution >= 4 is 28.3 Å². The number of piperidine rings is 1. The molecule has 11 heteroatoms. The lowest BCUT2D eigenvalue weighted by atomic mass is 9.94. The van der Waals surface area contributed by atoms with E-state index in [1.54, 1.807) is 11.6 Å². The average Bonchev–Trinajstić information content (AvgIpc) is 3.27. The van der Waals surface area contributed by atoms with E-state index in [1.165, 1.54) is 11.3 Å². The summed E-state index contributed by atoms with van der Waals surface area (Å²) in [7, 11) is 0. The molecule has 2 aromatic rings. The Bertz CT molecular complexity index is 925. The van der Waals surface area contributed by atoms with Gasteiger partial charge in [0.1, 0.15) is 5.69 Å². The Balaban J connectivity index is 1.33. The maximum atomic E-state index is 12.3. The normalized spacial score (nSPS) is 21.9. The molecule has 0 bridgehead atoms. The van der Waals surface area contributed by atoms with Crippen LogP contribution in [0, 0.1) is 11.3 Å². The van der Waals surface area contributed by atoms with Crippen molar-refractivity contribution in [1.29, 1.82) is 5.26 Å². The summed E-state index contributed by atoms with van der Waals surface area (Å²) < 4.78 is 10.9. The van der Waals surface area contributed by atoms with Gasteiger partial charge in [0.05, 0.1) is 44.2 Å². The van der Waals surface area contributed by atoms with E-state index < -0.39 is 0 Å². The van der Waals surface area contributed by atoms with Crippen molar-refractivity contribution in [3.63, 3.8) is 0 Å². The molecule has 2 saturated heterocycles. The fourth-order valence-corrected chi connectivity index (χ4v) is 4.37. The Morgan fingerprint density at radius 3 is 3.16 bits per heavy atom. The van der Waals surface area contributed by atoms with Gasteiger partial charge < -0.3 is 20.1 Å². The van der Waals surface area contributed by atoms with Gasteiger partial charge in [-0.1, -0.05) is 0 Å². The largest absolute Gasteiger partial charge is 0.376 e. The zero-order valence-electron chi connectivity index (χ0n) is 17.1. The third-order valence-electron chi connectivity index (χ3n) is 5.23. The van der Waals surface area contributed by atoms with Crippen LogP contribution in [0.25, 0.3) is 0 Å². The van der Waals surface area contributed by atoms with Crippen molar-refractivity contribution in [3.8, 4) is 6.07 Å². The van der Waals surface area contributed by atoms with Crippen LogP contribution in [-0.4, -0.2) is 77.9 Å². The van der Waals surface area contributed by atoms with Crippen LogP contribution >= 0.6 is 11.3 Å². The summed E-state index contributed by atoms with van der Waals surface area (Å²) >= 11 is 1.32. The minimum absolute atomic E-state index is 0.131. The lowest BCUT2D eigenvalue weighted by Gasteiger charge is -2.30. The molecule has 0 radical (unpaired) electrons. The van der Waals surface area contributed by atoms with Crippen molar-refractivity contribution in [2.45, 2.75) is 24.9 Å². The number of nitrogens with one attached hydrogen (secondary N) is 2. The van der Waals surface area contributed by atoms with Crippen LogP contribution < -0.4 is 10.6 Å². The van der Waals surface area contributed by atoms with Crippen LogP contribution in [0.15, 0.2) is 17.6 Å². The predicted octanol–water partition coefficient (Wildman–Crippen LogP) is 1.52. The molecule has 2 aliphatic heterocycles. The first-order chi connectivity index (χ1) is 15.2. The van der Waals surface area contributed by atoms with Gasteiger partial charge in [-0.25, -0.2) is 15.0 Å². The van der Waals surface area contributed by atoms with E-state index in [0.717, 1.165) is 31.6 Å². The molecule has 4 rings (SSSR count). The fraction of sp³-hybridized carbons (Fsp3) is 0.550. The predicted molar refractivity (Wildman–Crippen MR) is 114 cm³/mol. The van der Waals surface area contributed by atoms with Gasteiger partial charge in [-0.3, -0.25) is 9.69 Å². The Labute approximate surface area is 184 Å². The van der Waals surface area contributed by atoms with Crippen molar-refractivity contribution < 1.29 is 14.3 Å². The summed E-state index contributed by atoms with van der Waals surface area (Å²) in [5, 5.41) is 17.1. The molecule has 0 aromatic carbocycles. The first kappa shape index (κ1) is 21.6. The third-order valence-corrected chi connectivity index (χ3v) is 5.98. The Morgan fingerprint density at radius 2 is 2.32 bits per heavy atom. The van der Waals surface area contributed by atoms with Gasteiger partial charge in [0.25, 0.3) is 5.91 Å². The van der Waals surface area contributed by atoms with Crippen molar-refractivity contribution in [3.05, 3.63) is 29.0 Å². The smallest absolute Gasteiger partial charge is 0.270 e. The van der Waals surface area contributed by atoms with Gasteiger partial charge in [-0.05, 0) is 25.5 Å². The van der Waals surface area contributed by atoms with E-state index in [4.69, 9.17) is 14.7 Å². The SMILES string of the molecule is N#CCN1CCC[C@@H](c2ccnc(Nc3nc(C(=O)NC[C@H]4COCCO4)cs3)n2)C1. The lowest BCUT2D eigenvalue weighted by Crippen LogP contribution is -2.39. The monoisotopic (exact) mass is 443 g/mol. The van der Waals surface area contributed by atoms with Crippen molar-refractivity contribution in [2.24, 2.45) is 0 Å². The fourth-order valence-electron chi connectivity index (χ4n) is 3.68. The Hall–Kier alpha value is -2.65. The molecule has 164 valence electrons. The minimum atomic E-state index is -0.257. The highest BCUT2D eigenvalue weighted by atomic mass is 32.1. The van der Waals surface area contributed by atoms with Crippen LogP contribution in [0.3, 0.4) is 0 Å². The number of rotatable bonds is 7. The quantitative estimate of drug-likeness (QED) is 0.613. The molecule has 1 amide bonds. The van der Waals surface area contributed by atoms with Gasteiger partial charge in [-0.15, -0.1) is 11.3 Å². The number of anilines is 2. The highest BCUT2D eigenvalue weighted by Crippen LogP contribution is 2.26. The number of nitrogens with zero attached hydrogens (tertiary/aromatic N) is 5. The van der Waals surface area contributed by atoms with Crippen LogP contribution in [0.4, 0.5) is 11.1 Å². The molecule has 2 fully saturated rings. The van der Waals surface area contributed by atoms with E-state index in [9.17, 15) is 4.79 Å². The van der Waals surface area contributed by atoms with Gasteiger partial charge in [-0.2, -0.15) is 5.26 Å². The molecular formula is C20H25N7O3S. The first-order valence-corrected chi connectivity index (χ1v) is 11.2. The molecule has 0 aliphatic carbocycles. The van der Waals surface area contributed by atoms with E-state index in [0.29, 0.717) is 49.7 Å². The van der Waals surface area contributed by atoms with E-state index in [1.807, 2.05) is 6.07 Å². The van der Waals surface area contributed by atoms with Crippen molar-refractivity contribution in [1.82, 2.24) is 25.2 Å². The van der Waals surface area contributed by atoms with Gasteiger partial charge >= 0.3 is 0 Å². The minimum Gasteiger partial charge on any atom is -0.376 e. The number of ether oxygens (including phenoxy) is 2. The second-order valence-corrected chi connectivity index (χ2v) is 8.34. The molecule has 0 spiro atoms. The summed E-state index contributed by atoms with van der Waals surface area (Å²) in [6, 6.07) is 4.14. The maximum Gasteiger partial charge on any atom is 0.270 e. The molecule has 2 aromatic heterocycles. The Kier molecular flexibility index (Phi) is 7.37. The second-order valence-electron chi connectivity index (χ2n) is 7.48. The van der Waals surface area contributed by atoms with Gasteiger partial charge in [0.2, 0.25) is 5.95 Å². The summed E-state index contributed by atoms with van der Waals surface area (Å²) in [5.74, 6) is 0.464. The lowest BCUT2D eigenvalue weighted by molar-refractivity contribution is -0.0855. The molecule has 4 heterocycles. The molecular weight excluding hydrogens is 418 g/mol. The van der Waals surface area contributed by atoms with Crippen LogP contribution in [0.2, 0.25) is 0 Å². The zero-order chi connectivity index (χ0) is 21.5. The maximum absolute atomic E-state index is 12.3. The molecule has 2 N–H and O–H groups in total. The third kappa shape index (κ3) is 5.95. The summed E-state index contributed by atoms with van der Waals surface area (Å²) in [5.41, 5.74) is 1.28. The van der Waals surface area contributed by atoms with Crippen molar-refractivity contribution in [2.75, 3.05) is 51.3 Å². The zero-order valence-corrected chi connectivity index (χ0v) is 17.9. The summed E-state index contributed by atoms with van der Waals surface area (Å²) in [4.78, 5) is 27.8. The number of nitriles is 1. The number of hydrogen-bond donors (Lipinski definition) is 2. The van der Waals surface area contributed by atoms with Crippen LogP contribution in [0.5, 0.6) is 0 Å². The van der Waals surface area contributed by atoms with Crippen LogP contribution in [0.1, 0.15) is 34.9 Å². The van der Waals surface area contributed by atoms with Gasteiger partial charge in [0, 0.05) is 30.6 Å². The molecule has 2 aliphatic rings.